The van der Waals surface area contributed by atoms with Gasteiger partial charge in [-0.25, -0.2) is 0 Å². The number of ether oxygens (including phenoxy) is 1. The predicted octanol–water partition coefficient (Wildman–Crippen LogP) is 10.4. The second-order valence-corrected chi connectivity index (χ2v) is 10.2. The summed E-state index contributed by atoms with van der Waals surface area (Å²) < 4.78 is 6.47. The van der Waals surface area contributed by atoms with E-state index in [-0.39, 0.29) is 0 Å². The molecule has 4 aromatic rings. The molecule has 1 N–H and O–H groups in total. The first-order valence-electron chi connectivity index (χ1n) is 14.3. The van der Waals surface area contributed by atoms with E-state index in [0.29, 0.717) is 0 Å². The molecule has 0 radical (unpaired) electrons. The lowest BCUT2D eigenvalue weighted by atomic mass is 9.89. The average molecular weight is 482 g/mol. The van der Waals surface area contributed by atoms with Crippen LogP contribution < -0.4 is 4.74 Å². The normalized spacial score (nSPS) is 11.5. The van der Waals surface area contributed by atoms with Crippen molar-refractivity contribution in [1.82, 2.24) is 0 Å². The molecule has 0 heterocycles. The fourth-order valence-corrected chi connectivity index (χ4v) is 5.58. The Morgan fingerprint density at radius 3 is 1.83 bits per heavy atom. The van der Waals surface area contributed by atoms with Crippen LogP contribution in [0.3, 0.4) is 0 Å². The molecule has 0 aliphatic rings. The van der Waals surface area contributed by atoms with Gasteiger partial charge in [-0.3, -0.25) is 0 Å². The van der Waals surface area contributed by atoms with Gasteiger partial charge in [0, 0.05) is 5.56 Å². The van der Waals surface area contributed by atoms with Crippen molar-refractivity contribution in [3.8, 4) is 5.75 Å². The molecule has 0 aromatic heterocycles. The lowest BCUT2D eigenvalue weighted by molar-refractivity contribution is 0.302. The summed E-state index contributed by atoms with van der Waals surface area (Å²) in [7, 11) is 0. The van der Waals surface area contributed by atoms with Crippen molar-refractivity contribution in [3.05, 3.63) is 66.2 Å². The molecule has 2 heteroatoms. The number of fused-ring (bicyclic) bond motifs is 6. The molecule has 0 atom stereocenters. The van der Waals surface area contributed by atoms with Gasteiger partial charge < -0.3 is 10.1 Å². The molecule has 0 saturated carbocycles. The van der Waals surface area contributed by atoms with Crippen LogP contribution in [0, 0.1) is 5.41 Å². The monoisotopic (exact) mass is 481 g/mol. The minimum absolute atomic E-state index is 0.805. The van der Waals surface area contributed by atoms with Gasteiger partial charge >= 0.3 is 0 Å². The van der Waals surface area contributed by atoms with Crippen LogP contribution in [0.5, 0.6) is 5.75 Å². The molecule has 36 heavy (non-hydrogen) atoms. The molecule has 190 valence electrons. The van der Waals surface area contributed by atoms with E-state index in [1.165, 1.54) is 102 Å². The molecule has 2 nitrogen and oxygen atoms in total. The minimum Gasteiger partial charge on any atom is -0.493 e. The first-order valence-corrected chi connectivity index (χ1v) is 14.3. The van der Waals surface area contributed by atoms with E-state index in [0.717, 1.165) is 31.6 Å². The highest BCUT2D eigenvalue weighted by Crippen LogP contribution is 2.40. The van der Waals surface area contributed by atoms with Crippen LogP contribution >= 0.6 is 0 Å². The van der Waals surface area contributed by atoms with Gasteiger partial charge in [0.1, 0.15) is 5.75 Å². The number of unbranched alkanes of at least 4 members (excludes halogenated alkanes) is 10. The summed E-state index contributed by atoms with van der Waals surface area (Å²) in [5.74, 6) is 1.09. The number of hydrogen-bond acceptors (Lipinski definition) is 2. The molecule has 0 aliphatic heterocycles. The van der Waals surface area contributed by atoms with Crippen molar-refractivity contribution in [2.45, 2.75) is 90.4 Å². The Morgan fingerprint density at radius 1 is 0.611 bits per heavy atom. The molecule has 0 amide bonds. The van der Waals surface area contributed by atoms with Gasteiger partial charge in [0.05, 0.1) is 6.61 Å². The summed E-state index contributed by atoms with van der Waals surface area (Å²) in [6, 6.07) is 22.3. The Balaban J connectivity index is 1.60. The van der Waals surface area contributed by atoms with Crippen molar-refractivity contribution >= 4 is 38.5 Å². The van der Waals surface area contributed by atoms with E-state index in [1.54, 1.807) is 6.21 Å². The van der Waals surface area contributed by atoms with Crippen LogP contribution in [0.1, 0.15) is 89.5 Å². The number of aryl methyl sites for hydroxylation is 1. The maximum atomic E-state index is 7.16. The van der Waals surface area contributed by atoms with Crippen molar-refractivity contribution in [2.24, 2.45) is 0 Å². The molecular weight excluding hydrogens is 438 g/mol. The Morgan fingerprint density at radius 2 is 1.17 bits per heavy atom. The van der Waals surface area contributed by atoms with E-state index in [9.17, 15) is 0 Å². The first-order chi connectivity index (χ1) is 17.8. The molecule has 4 rings (SSSR count). The average Bonchev–Trinajstić information content (AvgIpc) is 2.92. The van der Waals surface area contributed by atoms with Crippen LogP contribution in [0.15, 0.2) is 60.7 Å². The zero-order chi connectivity index (χ0) is 25.0. The summed E-state index contributed by atoms with van der Waals surface area (Å²) in [5, 5.41) is 15.3. The molecule has 0 bridgehead atoms. The number of benzene rings is 4. The second-order valence-electron chi connectivity index (χ2n) is 10.2. The quantitative estimate of drug-likeness (QED) is 0.0963. The smallest absolute Gasteiger partial charge is 0.123 e. The topological polar surface area (TPSA) is 33.1 Å². The molecular formula is C34H43NO. The maximum absolute atomic E-state index is 7.16. The second kappa shape index (κ2) is 14.0. The van der Waals surface area contributed by atoms with Crippen molar-refractivity contribution in [1.29, 1.82) is 5.41 Å². The van der Waals surface area contributed by atoms with E-state index >= 15 is 0 Å². The van der Waals surface area contributed by atoms with Crippen LogP contribution in [0.2, 0.25) is 0 Å². The van der Waals surface area contributed by atoms with E-state index < -0.39 is 0 Å². The van der Waals surface area contributed by atoms with Gasteiger partial charge in [0.15, 0.2) is 0 Å². The SMILES string of the molecule is CCCCCCOc1ccc2c3ccccc3c3ccccc3c2c1CCCCCCCCCC=N. The highest BCUT2D eigenvalue weighted by atomic mass is 16.5. The molecule has 0 aliphatic carbocycles. The van der Waals surface area contributed by atoms with Gasteiger partial charge in [-0.2, -0.15) is 0 Å². The van der Waals surface area contributed by atoms with E-state index in [4.69, 9.17) is 10.1 Å². The van der Waals surface area contributed by atoms with Crippen molar-refractivity contribution in [2.75, 3.05) is 6.61 Å². The van der Waals surface area contributed by atoms with Gasteiger partial charge in [-0.1, -0.05) is 113 Å². The van der Waals surface area contributed by atoms with Crippen LogP contribution in [-0.2, 0) is 6.42 Å². The Labute approximate surface area is 217 Å². The Hall–Kier alpha value is -2.87. The predicted molar refractivity (Wildman–Crippen MR) is 158 cm³/mol. The standard InChI is InChI=1S/C34H43NO/c1-2-3-4-17-26-36-33-24-23-31-29-20-13-12-18-27(29)28-19-14-15-21-30(28)34(31)32(33)22-11-9-7-5-6-8-10-16-25-35/h12-15,18-21,23-25,35H,2-11,16-17,22,26H2,1H3. The van der Waals surface area contributed by atoms with Crippen LogP contribution in [-0.4, -0.2) is 12.8 Å². The number of rotatable bonds is 16. The fraction of sp³-hybridized carbons (Fsp3) is 0.441. The first kappa shape index (κ1) is 26.2. The summed E-state index contributed by atoms with van der Waals surface area (Å²) in [4.78, 5) is 0. The molecule has 0 spiro atoms. The highest BCUT2D eigenvalue weighted by Gasteiger charge is 2.15. The number of hydrogen-bond donors (Lipinski definition) is 1. The number of nitrogens with one attached hydrogen (secondary N) is 1. The third-order valence-electron chi connectivity index (χ3n) is 7.50. The van der Waals surface area contributed by atoms with Crippen molar-refractivity contribution in [3.63, 3.8) is 0 Å². The molecule has 0 unspecified atom stereocenters. The largest absolute Gasteiger partial charge is 0.493 e. The summed E-state index contributed by atoms with van der Waals surface area (Å²) in [6.07, 6.45) is 17.2. The van der Waals surface area contributed by atoms with E-state index in [2.05, 4.69) is 67.6 Å². The summed E-state index contributed by atoms with van der Waals surface area (Å²) in [5.41, 5.74) is 1.40. The lowest BCUT2D eigenvalue weighted by Gasteiger charge is -2.18. The lowest BCUT2D eigenvalue weighted by Crippen LogP contribution is -2.02. The van der Waals surface area contributed by atoms with Gasteiger partial charge in [-0.15, -0.1) is 0 Å². The zero-order valence-electron chi connectivity index (χ0n) is 22.2. The summed E-state index contributed by atoms with van der Waals surface area (Å²) >= 11 is 0. The third-order valence-corrected chi connectivity index (χ3v) is 7.50. The maximum Gasteiger partial charge on any atom is 0.123 e. The van der Waals surface area contributed by atoms with Gasteiger partial charge in [0.25, 0.3) is 0 Å². The Kier molecular flexibility index (Phi) is 10.2. The van der Waals surface area contributed by atoms with E-state index in [1.807, 2.05) is 0 Å². The van der Waals surface area contributed by atoms with Gasteiger partial charge in [-0.05, 0) is 76.7 Å². The molecule has 0 fully saturated rings. The van der Waals surface area contributed by atoms with Gasteiger partial charge in [0.2, 0.25) is 0 Å². The Bertz CT molecular complexity index is 1220. The minimum atomic E-state index is 0.805. The van der Waals surface area contributed by atoms with Crippen LogP contribution in [0.25, 0.3) is 32.3 Å². The summed E-state index contributed by atoms with van der Waals surface area (Å²) in [6.45, 7) is 3.06. The third kappa shape index (κ3) is 6.46. The zero-order valence-corrected chi connectivity index (χ0v) is 22.2. The molecule has 4 aromatic carbocycles. The van der Waals surface area contributed by atoms with Crippen LogP contribution in [0.4, 0.5) is 0 Å². The highest BCUT2D eigenvalue weighted by molar-refractivity contribution is 6.26. The fourth-order valence-electron chi connectivity index (χ4n) is 5.58. The van der Waals surface area contributed by atoms with Crippen molar-refractivity contribution < 1.29 is 4.74 Å². The molecule has 0 saturated heterocycles.